The molecule has 1 aliphatic heterocycles. The van der Waals surface area contributed by atoms with E-state index in [1.807, 2.05) is 0 Å². The third-order valence-electron chi connectivity index (χ3n) is 2.14. The van der Waals surface area contributed by atoms with E-state index >= 15 is 0 Å². The molecule has 0 aliphatic carbocycles. The summed E-state index contributed by atoms with van der Waals surface area (Å²) in [5.41, 5.74) is 3.20. The Morgan fingerprint density at radius 1 is 1.20 bits per heavy atom. The Balaban J connectivity index is 2.51. The molecule has 1 saturated heterocycles. The Labute approximate surface area is 63.5 Å². The van der Waals surface area contributed by atoms with Crippen molar-refractivity contribution in [2.45, 2.75) is 33.1 Å². The lowest BCUT2D eigenvalue weighted by atomic mass is 10.0. The van der Waals surface area contributed by atoms with Crippen LogP contribution in [0, 0.1) is 0 Å². The topological polar surface area (TPSA) is 12.0 Å². The van der Waals surface area contributed by atoms with E-state index in [-0.39, 0.29) is 0 Å². The fourth-order valence-corrected chi connectivity index (χ4v) is 1.42. The van der Waals surface area contributed by atoms with Gasteiger partial charge in [-0.05, 0) is 46.2 Å². The smallest absolute Gasteiger partial charge is 0.00115 e. The molecule has 0 atom stereocenters. The number of allylic oxidation sites excluding steroid dienone is 1. The van der Waals surface area contributed by atoms with Crippen molar-refractivity contribution in [1.29, 1.82) is 0 Å². The molecular weight excluding hydrogens is 122 g/mol. The summed E-state index contributed by atoms with van der Waals surface area (Å²) in [7, 11) is 0. The maximum absolute atomic E-state index is 3.40. The zero-order valence-electron chi connectivity index (χ0n) is 7.04. The van der Waals surface area contributed by atoms with Crippen LogP contribution >= 0.6 is 0 Å². The second-order valence-electron chi connectivity index (χ2n) is 3.21. The van der Waals surface area contributed by atoms with Gasteiger partial charge in [0.25, 0.3) is 0 Å². The van der Waals surface area contributed by atoms with Gasteiger partial charge in [0.05, 0.1) is 0 Å². The van der Waals surface area contributed by atoms with Crippen LogP contribution in [0.5, 0.6) is 0 Å². The molecule has 0 radical (unpaired) electrons. The number of nitrogens with one attached hydrogen (secondary N) is 1. The normalized spacial score (nSPS) is 20.4. The van der Waals surface area contributed by atoms with Crippen molar-refractivity contribution in [3.8, 4) is 0 Å². The summed E-state index contributed by atoms with van der Waals surface area (Å²) >= 11 is 0. The largest absolute Gasteiger partial charge is 0.316 e. The van der Waals surface area contributed by atoms with Crippen LogP contribution in [-0.4, -0.2) is 13.1 Å². The molecule has 1 heteroatoms. The summed E-state index contributed by atoms with van der Waals surface area (Å²) in [6.45, 7) is 6.83. The molecule has 1 N–H and O–H groups in total. The highest BCUT2D eigenvalue weighted by Crippen LogP contribution is 2.15. The fraction of sp³-hybridized carbons (Fsp3) is 0.778. The molecule has 0 aromatic rings. The van der Waals surface area contributed by atoms with Gasteiger partial charge in [-0.2, -0.15) is 0 Å². The summed E-state index contributed by atoms with van der Waals surface area (Å²) in [5, 5.41) is 3.40. The van der Waals surface area contributed by atoms with Gasteiger partial charge in [-0.3, -0.25) is 0 Å². The number of hydrogen-bond donors (Lipinski definition) is 1. The van der Waals surface area contributed by atoms with Crippen LogP contribution < -0.4 is 5.32 Å². The Bertz CT molecular complexity index is 122. The lowest BCUT2D eigenvalue weighted by Gasteiger charge is -2.03. The predicted octanol–water partition coefficient (Wildman–Crippen LogP) is 2.10. The third kappa shape index (κ3) is 2.14. The minimum atomic E-state index is 1.18. The van der Waals surface area contributed by atoms with E-state index in [1.54, 1.807) is 5.57 Å². The summed E-state index contributed by atoms with van der Waals surface area (Å²) in [5.74, 6) is 0. The highest BCUT2D eigenvalue weighted by molar-refractivity contribution is 5.10. The summed E-state index contributed by atoms with van der Waals surface area (Å²) in [6, 6.07) is 0. The van der Waals surface area contributed by atoms with Crippen LogP contribution in [0.4, 0.5) is 0 Å². The number of rotatable bonds is 0. The molecule has 0 spiro atoms. The minimum Gasteiger partial charge on any atom is -0.316 e. The molecule has 58 valence electrons. The van der Waals surface area contributed by atoms with Gasteiger partial charge in [-0.15, -0.1) is 0 Å². The Hall–Kier alpha value is -0.300. The van der Waals surface area contributed by atoms with Gasteiger partial charge in [-0.1, -0.05) is 11.1 Å². The lowest BCUT2D eigenvalue weighted by molar-refractivity contribution is 0.703. The maximum atomic E-state index is 3.40. The van der Waals surface area contributed by atoms with E-state index < -0.39 is 0 Å². The fourth-order valence-electron chi connectivity index (χ4n) is 1.42. The highest BCUT2D eigenvalue weighted by Gasteiger charge is 2.03. The molecule has 0 aromatic carbocycles. The summed E-state index contributed by atoms with van der Waals surface area (Å²) < 4.78 is 0. The predicted molar refractivity (Wildman–Crippen MR) is 45.1 cm³/mol. The minimum absolute atomic E-state index is 1.18. The molecule has 10 heavy (non-hydrogen) atoms. The highest BCUT2D eigenvalue weighted by atomic mass is 14.8. The van der Waals surface area contributed by atoms with Crippen LogP contribution in [-0.2, 0) is 0 Å². The van der Waals surface area contributed by atoms with Crippen molar-refractivity contribution in [2.24, 2.45) is 0 Å². The average Bonchev–Trinajstić information content (AvgIpc) is 2.12. The SMILES string of the molecule is CC(C)=C1CCCNCC1. The second-order valence-corrected chi connectivity index (χ2v) is 3.21. The average molecular weight is 139 g/mol. The van der Waals surface area contributed by atoms with Crippen molar-refractivity contribution >= 4 is 0 Å². The Kier molecular flexibility index (Phi) is 2.94. The molecule has 0 amide bonds. The van der Waals surface area contributed by atoms with Crippen LogP contribution in [0.3, 0.4) is 0 Å². The lowest BCUT2D eigenvalue weighted by Crippen LogP contribution is -2.13. The van der Waals surface area contributed by atoms with Crippen molar-refractivity contribution in [3.05, 3.63) is 11.1 Å². The molecule has 0 saturated carbocycles. The van der Waals surface area contributed by atoms with E-state index in [1.165, 1.54) is 37.9 Å². The zero-order chi connectivity index (χ0) is 7.40. The second kappa shape index (κ2) is 3.77. The van der Waals surface area contributed by atoms with E-state index in [4.69, 9.17) is 0 Å². The van der Waals surface area contributed by atoms with E-state index in [2.05, 4.69) is 19.2 Å². The first-order chi connectivity index (χ1) is 4.80. The zero-order valence-corrected chi connectivity index (χ0v) is 7.04. The monoisotopic (exact) mass is 139 g/mol. The van der Waals surface area contributed by atoms with Gasteiger partial charge in [0.1, 0.15) is 0 Å². The molecule has 0 bridgehead atoms. The molecule has 1 aliphatic rings. The van der Waals surface area contributed by atoms with Gasteiger partial charge in [0, 0.05) is 0 Å². The molecule has 0 unspecified atom stereocenters. The van der Waals surface area contributed by atoms with E-state index in [9.17, 15) is 0 Å². The first-order valence-corrected chi connectivity index (χ1v) is 4.16. The molecule has 1 heterocycles. The van der Waals surface area contributed by atoms with Crippen LogP contribution in [0.25, 0.3) is 0 Å². The van der Waals surface area contributed by atoms with Gasteiger partial charge >= 0.3 is 0 Å². The van der Waals surface area contributed by atoms with Crippen molar-refractivity contribution in [3.63, 3.8) is 0 Å². The van der Waals surface area contributed by atoms with Gasteiger partial charge < -0.3 is 5.32 Å². The maximum Gasteiger partial charge on any atom is -0.00115 e. The molecule has 1 nitrogen and oxygen atoms in total. The molecule has 1 rings (SSSR count). The standard InChI is InChI=1S/C9H17N/c1-8(2)9-4-3-6-10-7-5-9/h10H,3-7H2,1-2H3. The quantitative estimate of drug-likeness (QED) is 0.507. The van der Waals surface area contributed by atoms with Crippen LogP contribution in [0.15, 0.2) is 11.1 Å². The van der Waals surface area contributed by atoms with E-state index in [0.717, 1.165) is 0 Å². The molecule has 1 fully saturated rings. The van der Waals surface area contributed by atoms with E-state index in [0.29, 0.717) is 0 Å². The first kappa shape index (κ1) is 7.80. The molecular formula is C9H17N. The summed E-state index contributed by atoms with van der Waals surface area (Å²) in [4.78, 5) is 0. The van der Waals surface area contributed by atoms with Crippen LogP contribution in [0.1, 0.15) is 33.1 Å². The van der Waals surface area contributed by atoms with Crippen molar-refractivity contribution in [2.75, 3.05) is 13.1 Å². The Morgan fingerprint density at radius 3 is 2.70 bits per heavy atom. The number of hydrogen-bond acceptors (Lipinski definition) is 1. The molecule has 0 aromatic heterocycles. The van der Waals surface area contributed by atoms with Gasteiger partial charge in [0.15, 0.2) is 0 Å². The van der Waals surface area contributed by atoms with Crippen LogP contribution in [0.2, 0.25) is 0 Å². The van der Waals surface area contributed by atoms with Crippen molar-refractivity contribution in [1.82, 2.24) is 5.32 Å². The summed E-state index contributed by atoms with van der Waals surface area (Å²) in [6.07, 6.45) is 3.90. The van der Waals surface area contributed by atoms with Gasteiger partial charge in [0.2, 0.25) is 0 Å². The first-order valence-electron chi connectivity index (χ1n) is 4.16. The van der Waals surface area contributed by atoms with Gasteiger partial charge in [-0.25, -0.2) is 0 Å². The van der Waals surface area contributed by atoms with Crippen molar-refractivity contribution < 1.29 is 0 Å². The Morgan fingerprint density at radius 2 is 2.00 bits per heavy atom. The third-order valence-corrected chi connectivity index (χ3v) is 2.14.